The molecule has 90 valence electrons. The van der Waals surface area contributed by atoms with Crippen LogP contribution < -0.4 is 5.56 Å². The molecular formula is C14H13N3O. The Kier molecular flexibility index (Phi) is 2.55. The van der Waals surface area contributed by atoms with Gasteiger partial charge in [0, 0.05) is 55.8 Å². The molecule has 0 N–H and O–H groups in total. The van der Waals surface area contributed by atoms with Crippen LogP contribution in [0.5, 0.6) is 0 Å². The number of rotatable bonds is 1. The lowest BCUT2D eigenvalue weighted by Crippen LogP contribution is -2.14. The Morgan fingerprint density at radius 2 is 2.17 bits per heavy atom. The summed E-state index contributed by atoms with van der Waals surface area (Å²) >= 11 is 0. The van der Waals surface area contributed by atoms with Crippen LogP contribution in [0.2, 0.25) is 0 Å². The molecule has 0 bridgehead atoms. The Bertz CT molecular complexity index is 686. The summed E-state index contributed by atoms with van der Waals surface area (Å²) in [5, 5.41) is 0. The quantitative estimate of drug-likeness (QED) is 0.755. The van der Waals surface area contributed by atoms with Crippen molar-refractivity contribution in [1.82, 2.24) is 9.55 Å². The van der Waals surface area contributed by atoms with Crippen LogP contribution in [0.3, 0.4) is 0 Å². The highest BCUT2D eigenvalue weighted by molar-refractivity contribution is 5.84. The van der Waals surface area contributed by atoms with Crippen molar-refractivity contribution in [2.45, 2.75) is 6.42 Å². The fraction of sp³-hybridized carbons (Fsp3) is 0.214. The Morgan fingerprint density at radius 1 is 1.28 bits per heavy atom. The van der Waals surface area contributed by atoms with Crippen molar-refractivity contribution in [3.63, 3.8) is 0 Å². The van der Waals surface area contributed by atoms with Gasteiger partial charge in [-0.05, 0) is 17.7 Å². The van der Waals surface area contributed by atoms with E-state index in [-0.39, 0.29) is 5.56 Å². The van der Waals surface area contributed by atoms with Crippen molar-refractivity contribution in [2.75, 3.05) is 6.54 Å². The molecule has 0 atom stereocenters. The first-order valence-corrected chi connectivity index (χ1v) is 5.90. The lowest BCUT2D eigenvalue weighted by molar-refractivity contribution is 0.861. The zero-order chi connectivity index (χ0) is 12.5. The van der Waals surface area contributed by atoms with Crippen LogP contribution >= 0.6 is 0 Å². The highest BCUT2D eigenvalue weighted by Crippen LogP contribution is 2.20. The number of pyridine rings is 2. The lowest BCUT2D eigenvalue weighted by atomic mass is 10.0. The first-order valence-electron chi connectivity index (χ1n) is 5.90. The van der Waals surface area contributed by atoms with Crippen LogP contribution in [0.25, 0.3) is 11.1 Å². The molecule has 0 aromatic carbocycles. The first-order chi connectivity index (χ1) is 8.74. The molecule has 2 aromatic heterocycles. The molecule has 0 unspecified atom stereocenters. The minimum absolute atomic E-state index is 0.0149. The highest BCUT2D eigenvalue weighted by Gasteiger charge is 2.08. The normalized spacial score (nSPS) is 13.4. The van der Waals surface area contributed by atoms with E-state index < -0.39 is 0 Å². The number of fused-ring (bicyclic) bond motifs is 1. The zero-order valence-electron chi connectivity index (χ0n) is 10.1. The summed E-state index contributed by atoms with van der Waals surface area (Å²) in [6.07, 6.45) is 6.34. The van der Waals surface area contributed by atoms with Crippen LogP contribution in [0.4, 0.5) is 0 Å². The predicted molar refractivity (Wildman–Crippen MR) is 71.1 cm³/mol. The molecule has 0 saturated carbocycles. The van der Waals surface area contributed by atoms with Crippen LogP contribution in [0.15, 0.2) is 40.4 Å². The van der Waals surface area contributed by atoms with Crippen LogP contribution in [-0.4, -0.2) is 22.3 Å². The minimum atomic E-state index is -0.0149. The van der Waals surface area contributed by atoms with Crippen molar-refractivity contribution in [3.05, 3.63) is 52.2 Å². The molecule has 0 spiro atoms. The van der Waals surface area contributed by atoms with Crippen LogP contribution in [-0.2, 0) is 13.5 Å². The Hall–Kier alpha value is -2.23. The van der Waals surface area contributed by atoms with E-state index in [1.54, 1.807) is 23.9 Å². The van der Waals surface area contributed by atoms with Gasteiger partial charge in [0.05, 0.1) is 5.69 Å². The van der Waals surface area contributed by atoms with Gasteiger partial charge in [0.2, 0.25) is 0 Å². The van der Waals surface area contributed by atoms with E-state index in [4.69, 9.17) is 0 Å². The van der Waals surface area contributed by atoms with Gasteiger partial charge < -0.3 is 4.57 Å². The summed E-state index contributed by atoms with van der Waals surface area (Å²) in [6.45, 7) is 0.811. The topological polar surface area (TPSA) is 47.2 Å². The van der Waals surface area contributed by atoms with E-state index in [0.717, 1.165) is 35.3 Å². The van der Waals surface area contributed by atoms with Gasteiger partial charge in [-0.1, -0.05) is 0 Å². The van der Waals surface area contributed by atoms with Crippen molar-refractivity contribution in [1.29, 1.82) is 0 Å². The summed E-state index contributed by atoms with van der Waals surface area (Å²) in [5.74, 6) is 0. The lowest BCUT2D eigenvalue weighted by Gasteiger charge is -2.10. The molecule has 0 amide bonds. The largest absolute Gasteiger partial charge is 0.319 e. The maximum absolute atomic E-state index is 11.6. The molecule has 2 aromatic rings. The third-order valence-electron chi connectivity index (χ3n) is 3.15. The van der Waals surface area contributed by atoms with E-state index in [9.17, 15) is 4.79 Å². The van der Waals surface area contributed by atoms with Gasteiger partial charge in [-0.2, -0.15) is 0 Å². The first kappa shape index (κ1) is 10.9. The number of aliphatic imine (C=N–C) groups is 1. The number of aryl methyl sites for hydroxylation is 1. The molecule has 0 aliphatic carbocycles. The monoisotopic (exact) mass is 239 g/mol. The summed E-state index contributed by atoms with van der Waals surface area (Å²) in [7, 11) is 1.74. The molecule has 3 heterocycles. The average Bonchev–Trinajstić information content (AvgIpc) is 2.41. The number of aromatic nitrogens is 2. The third kappa shape index (κ3) is 1.86. The molecule has 4 heteroatoms. The van der Waals surface area contributed by atoms with Crippen LogP contribution in [0, 0.1) is 0 Å². The molecule has 3 rings (SSSR count). The number of hydrogen-bond acceptors (Lipinski definition) is 3. The predicted octanol–water partition coefficient (Wildman–Crippen LogP) is 1.42. The Morgan fingerprint density at radius 3 is 3.00 bits per heavy atom. The molecule has 18 heavy (non-hydrogen) atoms. The van der Waals surface area contributed by atoms with E-state index in [1.807, 2.05) is 24.5 Å². The molecule has 4 nitrogen and oxygen atoms in total. The van der Waals surface area contributed by atoms with Gasteiger partial charge in [0.25, 0.3) is 5.56 Å². The zero-order valence-corrected chi connectivity index (χ0v) is 10.1. The Labute approximate surface area is 105 Å². The maximum atomic E-state index is 11.6. The molecule has 0 fully saturated rings. The average molecular weight is 239 g/mol. The molecule has 0 radical (unpaired) electrons. The van der Waals surface area contributed by atoms with Gasteiger partial charge in [0.15, 0.2) is 0 Å². The number of hydrogen-bond donors (Lipinski definition) is 0. The number of nitrogens with zero attached hydrogens (tertiary/aromatic N) is 3. The fourth-order valence-corrected chi connectivity index (χ4v) is 2.05. The van der Waals surface area contributed by atoms with E-state index >= 15 is 0 Å². The van der Waals surface area contributed by atoms with Gasteiger partial charge in [-0.15, -0.1) is 0 Å². The molecular weight excluding hydrogens is 226 g/mol. The van der Waals surface area contributed by atoms with Gasteiger partial charge >= 0.3 is 0 Å². The SMILES string of the molecule is Cn1ccc(-c2cnc3c(c2)C=NCC3)cc1=O. The summed E-state index contributed by atoms with van der Waals surface area (Å²) < 4.78 is 1.55. The second kappa shape index (κ2) is 4.22. The van der Waals surface area contributed by atoms with E-state index in [2.05, 4.69) is 9.98 Å². The van der Waals surface area contributed by atoms with Gasteiger partial charge in [-0.25, -0.2) is 0 Å². The van der Waals surface area contributed by atoms with Crippen LogP contribution in [0.1, 0.15) is 11.3 Å². The summed E-state index contributed by atoms with van der Waals surface area (Å²) in [6, 6.07) is 5.59. The summed E-state index contributed by atoms with van der Waals surface area (Å²) in [5.41, 5.74) is 3.98. The molecule has 1 aliphatic rings. The molecule has 0 saturated heterocycles. The summed E-state index contributed by atoms with van der Waals surface area (Å²) in [4.78, 5) is 20.3. The fourth-order valence-electron chi connectivity index (χ4n) is 2.05. The van der Waals surface area contributed by atoms with Crippen molar-refractivity contribution >= 4 is 6.21 Å². The van der Waals surface area contributed by atoms with Crippen molar-refractivity contribution < 1.29 is 0 Å². The third-order valence-corrected chi connectivity index (χ3v) is 3.15. The van der Waals surface area contributed by atoms with Gasteiger partial charge in [0.1, 0.15) is 0 Å². The van der Waals surface area contributed by atoms with Gasteiger partial charge in [-0.3, -0.25) is 14.8 Å². The van der Waals surface area contributed by atoms with Crippen molar-refractivity contribution in [3.8, 4) is 11.1 Å². The highest BCUT2D eigenvalue weighted by atomic mass is 16.1. The Balaban J connectivity index is 2.10. The second-order valence-corrected chi connectivity index (χ2v) is 4.41. The maximum Gasteiger partial charge on any atom is 0.250 e. The van der Waals surface area contributed by atoms with E-state index in [1.165, 1.54) is 0 Å². The molecule has 1 aliphatic heterocycles. The van der Waals surface area contributed by atoms with Crippen molar-refractivity contribution in [2.24, 2.45) is 12.0 Å². The van der Waals surface area contributed by atoms with E-state index in [0.29, 0.717) is 0 Å². The second-order valence-electron chi connectivity index (χ2n) is 4.41. The standard InChI is InChI=1S/C14H13N3O/c1-17-5-3-10(7-14(17)18)11-6-12-8-15-4-2-13(12)16-9-11/h3,5-9H,2,4H2,1H3. The minimum Gasteiger partial charge on any atom is -0.319 e. The smallest absolute Gasteiger partial charge is 0.250 e.